The van der Waals surface area contributed by atoms with Crippen molar-refractivity contribution < 1.29 is 4.39 Å². The first-order valence-corrected chi connectivity index (χ1v) is 4.29. The second-order valence-corrected chi connectivity index (χ2v) is 3.48. The average molecular weight is 170 g/mol. The third-order valence-corrected chi connectivity index (χ3v) is 1.96. The van der Waals surface area contributed by atoms with E-state index in [1.807, 2.05) is 0 Å². The predicted octanol–water partition coefficient (Wildman–Crippen LogP) is 2.38. The van der Waals surface area contributed by atoms with E-state index in [9.17, 15) is 4.39 Å². The van der Waals surface area contributed by atoms with Gasteiger partial charge in [-0.15, -0.1) is 0 Å². The lowest BCUT2D eigenvalue weighted by atomic mass is 10.1. The normalized spacial score (nSPS) is 11.1. The summed E-state index contributed by atoms with van der Waals surface area (Å²) in [6.07, 6.45) is 2.32. The minimum Gasteiger partial charge on any atom is -0.267 e. The maximum Gasteiger partial charge on any atom is 0.163 e. The van der Waals surface area contributed by atoms with Crippen LogP contribution >= 0.6 is 0 Å². The lowest BCUT2D eigenvalue weighted by molar-refractivity contribution is 0.476. The Bertz CT molecular complexity index is 253. The summed E-state index contributed by atoms with van der Waals surface area (Å²) in [7, 11) is 0. The first-order chi connectivity index (χ1) is 5.61. The highest BCUT2D eigenvalue weighted by atomic mass is 19.1. The summed E-state index contributed by atoms with van der Waals surface area (Å²) in [5, 5.41) is 3.93. The highest BCUT2D eigenvalue weighted by molar-refractivity contribution is 5.00. The lowest BCUT2D eigenvalue weighted by Crippen LogP contribution is -2.05. The van der Waals surface area contributed by atoms with Crippen LogP contribution in [0.15, 0.2) is 6.20 Å². The molecule has 0 spiro atoms. The van der Waals surface area contributed by atoms with Crippen LogP contribution in [0.5, 0.6) is 0 Å². The fourth-order valence-electron chi connectivity index (χ4n) is 1.03. The minimum atomic E-state index is -0.209. The molecule has 1 heterocycles. The van der Waals surface area contributed by atoms with Gasteiger partial charge in [0.2, 0.25) is 0 Å². The predicted molar refractivity (Wildman–Crippen MR) is 46.4 cm³/mol. The van der Waals surface area contributed by atoms with Crippen molar-refractivity contribution in [3.63, 3.8) is 0 Å². The first kappa shape index (κ1) is 9.23. The smallest absolute Gasteiger partial charge is 0.163 e. The number of rotatable bonds is 3. The third kappa shape index (κ3) is 2.06. The largest absolute Gasteiger partial charge is 0.267 e. The van der Waals surface area contributed by atoms with Gasteiger partial charge in [-0.05, 0) is 19.3 Å². The Morgan fingerprint density at radius 2 is 2.25 bits per heavy atom. The maximum atomic E-state index is 12.8. The van der Waals surface area contributed by atoms with Gasteiger partial charge >= 0.3 is 0 Å². The third-order valence-electron chi connectivity index (χ3n) is 1.96. The molecule has 12 heavy (non-hydrogen) atoms. The molecule has 0 saturated heterocycles. The van der Waals surface area contributed by atoms with Gasteiger partial charge in [0.1, 0.15) is 0 Å². The van der Waals surface area contributed by atoms with Gasteiger partial charge in [0.05, 0.1) is 11.9 Å². The van der Waals surface area contributed by atoms with Gasteiger partial charge in [-0.25, -0.2) is 4.39 Å². The van der Waals surface area contributed by atoms with Crippen LogP contribution in [0.25, 0.3) is 0 Å². The van der Waals surface area contributed by atoms with Gasteiger partial charge in [-0.2, -0.15) is 5.10 Å². The van der Waals surface area contributed by atoms with E-state index in [4.69, 9.17) is 0 Å². The van der Waals surface area contributed by atoms with Crippen LogP contribution in [0.1, 0.15) is 26.0 Å². The molecule has 0 aliphatic rings. The molecule has 2 nitrogen and oxygen atoms in total. The summed E-state index contributed by atoms with van der Waals surface area (Å²) >= 11 is 0. The van der Waals surface area contributed by atoms with Gasteiger partial charge in [0, 0.05) is 6.54 Å². The molecule has 0 aliphatic heterocycles. The summed E-state index contributed by atoms with van der Waals surface area (Å²) in [5.74, 6) is 0.426. The van der Waals surface area contributed by atoms with Gasteiger partial charge in [-0.1, -0.05) is 13.8 Å². The summed E-state index contributed by atoms with van der Waals surface area (Å²) in [6.45, 7) is 6.86. The molecule has 0 N–H and O–H groups in total. The number of hydrogen-bond donors (Lipinski definition) is 0. The summed E-state index contributed by atoms with van der Waals surface area (Å²) in [6, 6.07) is 0. The topological polar surface area (TPSA) is 17.8 Å². The van der Waals surface area contributed by atoms with Crippen molar-refractivity contribution >= 4 is 0 Å². The molecule has 0 radical (unpaired) electrons. The molecule has 0 aliphatic carbocycles. The molecule has 0 amide bonds. The molecule has 0 unspecified atom stereocenters. The zero-order chi connectivity index (χ0) is 9.14. The highest BCUT2D eigenvalue weighted by Crippen LogP contribution is 2.07. The van der Waals surface area contributed by atoms with Crippen molar-refractivity contribution in [1.29, 1.82) is 0 Å². The molecule has 0 bridgehead atoms. The molecular weight excluding hydrogens is 155 g/mol. The lowest BCUT2D eigenvalue weighted by Gasteiger charge is -2.05. The van der Waals surface area contributed by atoms with Gasteiger partial charge in [0.25, 0.3) is 0 Å². The molecule has 1 rings (SSSR count). The minimum absolute atomic E-state index is 0.209. The van der Waals surface area contributed by atoms with Crippen LogP contribution in [0, 0.1) is 18.7 Å². The summed E-state index contributed by atoms with van der Waals surface area (Å²) in [5.41, 5.74) is 0.635. The molecular formula is C9H15FN2. The van der Waals surface area contributed by atoms with Crippen molar-refractivity contribution in [1.82, 2.24) is 9.78 Å². The van der Waals surface area contributed by atoms with Gasteiger partial charge in [-0.3, -0.25) is 4.68 Å². The number of hydrogen-bond acceptors (Lipinski definition) is 1. The second-order valence-electron chi connectivity index (χ2n) is 3.48. The monoisotopic (exact) mass is 170 g/mol. The number of aromatic nitrogens is 2. The van der Waals surface area contributed by atoms with Crippen LogP contribution < -0.4 is 0 Å². The number of aryl methyl sites for hydroxylation is 1. The van der Waals surface area contributed by atoms with Crippen molar-refractivity contribution in [2.45, 2.75) is 33.7 Å². The standard InChI is InChI=1S/C9H15FN2/c1-7(2)4-5-12-8(3)9(10)6-11-12/h6-7H,4-5H2,1-3H3. The molecule has 1 aromatic rings. The maximum absolute atomic E-state index is 12.8. The Morgan fingerprint density at radius 3 is 2.67 bits per heavy atom. The van der Waals surface area contributed by atoms with Crippen molar-refractivity contribution in [3.8, 4) is 0 Å². The summed E-state index contributed by atoms with van der Waals surface area (Å²) in [4.78, 5) is 0. The Hall–Kier alpha value is -0.860. The fraction of sp³-hybridized carbons (Fsp3) is 0.667. The molecule has 0 saturated carbocycles. The molecule has 0 atom stereocenters. The molecule has 0 fully saturated rings. The van der Waals surface area contributed by atoms with E-state index in [0.717, 1.165) is 13.0 Å². The SMILES string of the molecule is Cc1c(F)cnn1CCC(C)C. The molecule has 1 aromatic heterocycles. The first-order valence-electron chi connectivity index (χ1n) is 4.29. The van der Waals surface area contributed by atoms with E-state index in [2.05, 4.69) is 18.9 Å². The molecule has 0 aromatic carbocycles. The second kappa shape index (κ2) is 3.70. The quantitative estimate of drug-likeness (QED) is 0.681. The average Bonchev–Trinajstić information content (AvgIpc) is 2.30. The van der Waals surface area contributed by atoms with Crippen molar-refractivity contribution in [3.05, 3.63) is 17.7 Å². The van der Waals surface area contributed by atoms with Crippen molar-refractivity contribution in [2.24, 2.45) is 5.92 Å². The van der Waals surface area contributed by atoms with Gasteiger partial charge in [0.15, 0.2) is 5.82 Å². The number of halogens is 1. The van der Waals surface area contributed by atoms with E-state index in [1.54, 1.807) is 11.6 Å². The van der Waals surface area contributed by atoms with Crippen LogP contribution in [0.4, 0.5) is 4.39 Å². The number of nitrogens with zero attached hydrogens (tertiary/aromatic N) is 2. The van der Waals surface area contributed by atoms with E-state index in [0.29, 0.717) is 11.6 Å². The van der Waals surface area contributed by atoms with Crippen molar-refractivity contribution in [2.75, 3.05) is 0 Å². The van der Waals surface area contributed by atoms with E-state index < -0.39 is 0 Å². The van der Waals surface area contributed by atoms with Crippen LogP contribution in [0.3, 0.4) is 0 Å². The Morgan fingerprint density at radius 1 is 1.58 bits per heavy atom. The Balaban J connectivity index is 2.58. The fourth-order valence-corrected chi connectivity index (χ4v) is 1.03. The zero-order valence-electron chi connectivity index (χ0n) is 7.84. The zero-order valence-corrected chi connectivity index (χ0v) is 7.84. The Labute approximate surface area is 72.4 Å². The van der Waals surface area contributed by atoms with Crippen LogP contribution in [0.2, 0.25) is 0 Å². The van der Waals surface area contributed by atoms with Gasteiger partial charge < -0.3 is 0 Å². The Kier molecular flexibility index (Phi) is 2.84. The van der Waals surface area contributed by atoms with Crippen LogP contribution in [-0.4, -0.2) is 9.78 Å². The van der Waals surface area contributed by atoms with E-state index in [-0.39, 0.29) is 5.82 Å². The van der Waals surface area contributed by atoms with E-state index >= 15 is 0 Å². The summed E-state index contributed by atoms with van der Waals surface area (Å²) < 4.78 is 14.5. The van der Waals surface area contributed by atoms with Crippen LogP contribution in [-0.2, 0) is 6.54 Å². The molecule has 68 valence electrons. The molecule has 3 heteroatoms. The van der Waals surface area contributed by atoms with E-state index in [1.165, 1.54) is 6.20 Å². The highest BCUT2D eigenvalue weighted by Gasteiger charge is 2.04.